The fraction of sp³-hybridized carbons (Fsp3) is 0.417. The van der Waals surface area contributed by atoms with Crippen LogP contribution in [-0.2, 0) is 11.3 Å². The van der Waals surface area contributed by atoms with Crippen LogP contribution >= 0.6 is 0 Å². The zero-order valence-corrected chi connectivity index (χ0v) is 9.54. The first-order valence-electron chi connectivity index (χ1n) is 5.53. The summed E-state index contributed by atoms with van der Waals surface area (Å²) in [4.78, 5) is 11.6. The largest absolute Gasteiger partial charge is 0.281 e. The third-order valence-electron chi connectivity index (χ3n) is 2.78. The first-order valence-corrected chi connectivity index (χ1v) is 5.53. The Labute approximate surface area is 98.4 Å². The summed E-state index contributed by atoms with van der Waals surface area (Å²) in [6, 6.07) is 3.40. The van der Waals surface area contributed by atoms with Crippen molar-refractivity contribution in [3.63, 3.8) is 0 Å². The molecular weight excluding hydrogens is 226 g/mol. The smallest absolute Gasteiger partial charge is 0.239 e. The molecule has 0 aliphatic heterocycles. The topological polar surface area (TPSA) is 32.3 Å². The molecule has 0 heterocycles. The molecule has 2 rings (SSSR count). The Morgan fingerprint density at radius 1 is 1.47 bits per heavy atom. The molecule has 1 amide bonds. The lowest BCUT2D eigenvalue weighted by molar-refractivity contribution is -0.134. The minimum Gasteiger partial charge on any atom is -0.281 e. The molecule has 0 aromatic heterocycles. The molecule has 1 aliphatic carbocycles. The van der Waals surface area contributed by atoms with Gasteiger partial charge in [0.1, 0.15) is 11.6 Å². The maximum absolute atomic E-state index is 13.3. The number of rotatable bonds is 4. The van der Waals surface area contributed by atoms with Crippen molar-refractivity contribution < 1.29 is 13.6 Å². The van der Waals surface area contributed by atoms with Crippen molar-refractivity contribution in [1.29, 1.82) is 0 Å². The van der Waals surface area contributed by atoms with Crippen LogP contribution in [0.2, 0.25) is 0 Å². The predicted molar refractivity (Wildman–Crippen MR) is 58.7 cm³/mol. The molecular formula is C12H14F2N2O. The summed E-state index contributed by atoms with van der Waals surface area (Å²) >= 11 is 0. The highest BCUT2D eigenvalue weighted by Crippen LogP contribution is 2.30. The number of nitrogens with one attached hydrogen (secondary N) is 1. The maximum Gasteiger partial charge on any atom is 0.239 e. The fourth-order valence-corrected chi connectivity index (χ4v) is 1.55. The van der Waals surface area contributed by atoms with E-state index in [4.69, 9.17) is 0 Å². The van der Waals surface area contributed by atoms with Gasteiger partial charge in [-0.3, -0.25) is 9.80 Å². The molecule has 1 aromatic carbocycles. The average molecular weight is 240 g/mol. The van der Waals surface area contributed by atoms with E-state index in [-0.39, 0.29) is 18.4 Å². The molecule has 0 spiro atoms. The minimum absolute atomic E-state index is 0.0209. The number of amides is 1. The van der Waals surface area contributed by atoms with Crippen molar-refractivity contribution in [2.75, 3.05) is 7.05 Å². The van der Waals surface area contributed by atoms with E-state index < -0.39 is 11.6 Å². The molecule has 1 aromatic rings. The van der Waals surface area contributed by atoms with E-state index in [0.29, 0.717) is 5.56 Å². The second kappa shape index (κ2) is 4.79. The number of nitrogens with zero attached hydrogens (tertiary/aromatic N) is 1. The summed E-state index contributed by atoms with van der Waals surface area (Å²) in [5.41, 5.74) is 3.14. The molecule has 0 unspecified atom stereocenters. The summed E-state index contributed by atoms with van der Waals surface area (Å²) in [6.45, 7) is 0.168. The number of carbonyl (C=O) groups is 1. The van der Waals surface area contributed by atoms with Crippen molar-refractivity contribution in [1.82, 2.24) is 10.4 Å². The Bertz CT molecular complexity index is 433. The van der Waals surface area contributed by atoms with Crippen molar-refractivity contribution >= 4 is 5.91 Å². The molecule has 1 saturated carbocycles. The van der Waals surface area contributed by atoms with E-state index >= 15 is 0 Å². The van der Waals surface area contributed by atoms with E-state index in [1.807, 2.05) is 0 Å². The summed E-state index contributed by atoms with van der Waals surface area (Å²) in [5, 5.41) is 1.38. The van der Waals surface area contributed by atoms with E-state index in [1.165, 1.54) is 17.1 Å². The van der Waals surface area contributed by atoms with Crippen LogP contribution in [0.4, 0.5) is 8.78 Å². The first-order chi connectivity index (χ1) is 8.08. The van der Waals surface area contributed by atoms with Gasteiger partial charge in [0.25, 0.3) is 0 Å². The van der Waals surface area contributed by atoms with Crippen LogP contribution in [0.3, 0.4) is 0 Å². The lowest BCUT2D eigenvalue weighted by atomic mass is 10.2. The molecule has 5 heteroatoms. The molecule has 0 saturated heterocycles. The minimum atomic E-state index is -0.607. The van der Waals surface area contributed by atoms with Crippen LogP contribution in [0.1, 0.15) is 18.4 Å². The van der Waals surface area contributed by atoms with Crippen molar-refractivity contribution in [2.45, 2.75) is 19.4 Å². The highest BCUT2D eigenvalue weighted by Gasteiger charge is 2.32. The van der Waals surface area contributed by atoms with Crippen molar-refractivity contribution in [3.8, 4) is 0 Å². The molecule has 1 N–H and O–H groups in total. The lowest BCUT2D eigenvalue weighted by Gasteiger charge is -2.18. The van der Waals surface area contributed by atoms with E-state index in [1.54, 1.807) is 7.05 Å². The van der Waals surface area contributed by atoms with Crippen molar-refractivity contribution in [2.24, 2.45) is 5.92 Å². The number of hydrazine groups is 1. The molecule has 17 heavy (non-hydrogen) atoms. The lowest BCUT2D eigenvalue weighted by Crippen LogP contribution is -2.40. The number of carbonyl (C=O) groups excluding carboxylic acids is 1. The van der Waals surface area contributed by atoms with Crippen molar-refractivity contribution in [3.05, 3.63) is 35.4 Å². The van der Waals surface area contributed by atoms with Gasteiger partial charge in [-0.1, -0.05) is 6.07 Å². The summed E-state index contributed by atoms with van der Waals surface area (Å²) in [7, 11) is 1.61. The van der Waals surface area contributed by atoms with E-state index in [0.717, 1.165) is 18.9 Å². The van der Waals surface area contributed by atoms with Crippen LogP contribution in [0.5, 0.6) is 0 Å². The number of hydrogen-bond donors (Lipinski definition) is 1. The number of hydrogen-bond acceptors (Lipinski definition) is 2. The van der Waals surface area contributed by atoms with Crippen LogP contribution < -0.4 is 5.43 Å². The molecule has 92 valence electrons. The van der Waals surface area contributed by atoms with Gasteiger partial charge in [0.15, 0.2) is 0 Å². The van der Waals surface area contributed by atoms with Gasteiger partial charge in [0, 0.05) is 31.1 Å². The molecule has 1 fully saturated rings. The Kier molecular flexibility index (Phi) is 3.38. The van der Waals surface area contributed by atoms with Gasteiger partial charge < -0.3 is 0 Å². The van der Waals surface area contributed by atoms with Gasteiger partial charge in [-0.25, -0.2) is 14.2 Å². The van der Waals surface area contributed by atoms with Gasteiger partial charge in [0.05, 0.1) is 0 Å². The standard InChI is InChI=1S/C12H14F2N2O/c1-16(12(17)8-2-3-8)15-7-9-4-5-10(13)6-11(9)14/h4-6,8,15H,2-3,7H2,1H3. The molecule has 0 bridgehead atoms. The van der Waals surface area contributed by atoms with Crippen LogP contribution in [-0.4, -0.2) is 18.0 Å². The molecule has 3 nitrogen and oxygen atoms in total. The Hall–Kier alpha value is -1.49. The van der Waals surface area contributed by atoms with Gasteiger partial charge in [-0.2, -0.15) is 0 Å². The summed E-state index contributed by atoms with van der Waals surface area (Å²) in [5.74, 6) is -1.07. The molecule has 0 radical (unpaired) electrons. The summed E-state index contributed by atoms with van der Waals surface area (Å²) < 4.78 is 26.0. The highest BCUT2D eigenvalue weighted by molar-refractivity contribution is 5.80. The fourth-order valence-electron chi connectivity index (χ4n) is 1.55. The third-order valence-corrected chi connectivity index (χ3v) is 2.78. The molecule has 1 aliphatic rings. The van der Waals surface area contributed by atoms with Crippen LogP contribution in [0, 0.1) is 17.6 Å². The Morgan fingerprint density at radius 3 is 2.76 bits per heavy atom. The third kappa shape index (κ3) is 3.00. The maximum atomic E-state index is 13.3. The van der Waals surface area contributed by atoms with Gasteiger partial charge in [0.2, 0.25) is 5.91 Å². The monoisotopic (exact) mass is 240 g/mol. The van der Waals surface area contributed by atoms with Gasteiger partial charge in [-0.05, 0) is 18.9 Å². The Balaban J connectivity index is 1.90. The zero-order valence-electron chi connectivity index (χ0n) is 9.54. The number of halogens is 2. The van der Waals surface area contributed by atoms with Crippen LogP contribution in [0.15, 0.2) is 18.2 Å². The van der Waals surface area contributed by atoms with Gasteiger partial charge in [-0.15, -0.1) is 0 Å². The second-order valence-electron chi connectivity index (χ2n) is 4.24. The summed E-state index contributed by atoms with van der Waals surface area (Å²) in [6.07, 6.45) is 1.85. The van der Waals surface area contributed by atoms with E-state index in [9.17, 15) is 13.6 Å². The predicted octanol–water partition coefficient (Wildman–Crippen LogP) is 1.84. The first kappa shape index (κ1) is 12.0. The quantitative estimate of drug-likeness (QED) is 0.814. The Morgan fingerprint density at radius 2 is 2.18 bits per heavy atom. The SMILES string of the molecule is CN(NCc1ccc(F)cc1F)C(=O)C1CC1. The normalized spacial score (nSPS) is 14.8. The zero-order chi connectivity index (χ0) is 12.4. The molecule has 0 atom stereocenters. The second-order valence-corrected chi connectivity index (χ2v) is 4.24. The average Bonchev–Trinajstić information content (AvgIpc) is 3.10. The van der Waals surface area contributed by atoms with E-state index in [2.05, 4.69) is 5.43 Å². The van der Waals surface area contributed by atoms with Crippen LogP contribution in [0.25, 0.3) is 0 Å². The highest BCUT2D eigenvalue weighted by atomic mass is 19.1. The van der Waals surface area contributed by atoms with Gasteiger partial charge >= 0.3 is 0 Å². The number of benzene rings is 1.